The number of ether oxygens (including phenoxy) is 1. The molecule has 1 aromatic heterocycles. The molecule has 0 aliphatic heterocycles. The van der Waals surface area contributed by atoms with Crippen LogP contribution in [-0.4, -0.2) is 22.7 Å². The molecule has 0 amide bonds. The smallest absolute Gasteiger partial charge is 0.347 e. The number of aromatic nitrogens is 1. The predicted molar refractivity (Wildman–Crippen MR) is 74.1 cm³/mol. The Bertz CT molecular complexity index is 565. The minimum Gasteiger partial charge on any atom is -0.493 e. The summed E-state index contributed by atoms with van der Waals surface area (Å²) in [5.41, 5.74) is 1.24. The Hall–Kier alpha value is -1.88. The summed E-state index contributed by atoms with van der Waals surface area (Å²) >= 11 is 1.19. The zero-order valence-electron chi connectivity index (χ0n) is 10.6. The molecule has 0 bridgehead atoms. The van der Waals surface area contributed by atoms with E-state index < -0.39 is 5.97 Å². The van der Waals surface area contributed by atoms with Crippen LogP contribution in [-0.2, 0) is 12.8 Å². The van der Waals surface area contributed by atoms with E-state index in [0.717, 1.165) is 17.2 Å². The van der Waals surface area contributed by atoms with Gasteiger partial charge in [0, 0.05) is 6.42 Å². The van der Waals surface area contributed by atoms with Crippen molar-refractivity contribution < 1.29 is 14.6 Å². The molecular formula is C14H15NO3S. The molecule has 0 aliphatic carbocycles. The Morgan fingerprint density at radius 1 is 1.47 bits per heavy atom. The van der Waals surface area contributed by atoms with Crippen molar-refractivity contribution in [3.05, 3.63) is 45.9 Å². The van der Waals surface area contributed by atoms with Crippen LogP contribution in [0, 0.1) is 0 Å². The molecule has 5 heteroatoms. The third-order valence-electron chi connectivity index (χ3n) is 2.66. The molecule has 1 aromatic carbocycles. The summed E-state index contributed by atoms with van der Waals surface area (Å²) in [4.78, 5) is 15.0. The molecule has 1 heterocycles. The van der Waals surface area contributed by atoms with Crippen molar-refractivity contribution >= 4 is 17.3 Å². The van der Waals surface area contributed by atoms with Crippen LogP contribution in [0.3, 0.4) is 0 Å². The van der Waals surface area contributed by atoms with E-state index in [1.165, 1.54) is 23.1 Å². The van der Waals surface area contributed by atoms with Gasteiger partial charge >= 0.3 is 5.97 Å². The molecule has 0 unspecified atom stereocenters. The van der Waals surface area contributed by atoms with Gasteiger partial charge in [-0.15, -0.1) is 11.3 Å². The van der Waals surface area contributed by atoms with Crippen molar-refractivity contribution in [3.8, 4) is 5.75 Å². The van der Waals surface area contributed by atoms with E-state index in [1.54, 1.807) is 0 Å². The van der Waals surface area contributed by atoms with Gasteiger partial charge in [0.2, 0.25) is 0 Å². The normalized spacial score (nSPS) is 10.4. The number of hydrogen-bond acceptors (Lipinski definition) is 4. The molecule has 2 aromatic rings. The van der Waals surface area contributed by atoms with E-state index >= 15 is 0 Å². The van der Waals surface area contributed by atoms with Crippen LogP contribution < -0.4 is 4.74 Å². The van der Waals surface area contributed by atoms with Gasteiger partial charge in [-0.05, 0) is 24.1 Å². The van der Waals surface area contributed by atoms with Gasteiger partial charge in [0.05, 0.1) is 17.8 Å². The first-order valence-corrected chi connectivity index (χ1v) is 6.90. The Kier molecular flexibility index (Phi) is 4.52. The molecular weight excluding hydrogens is 262 g/mol. The highest BCUT2D eigenvalue weighted by Crippen LogP contribution is 2.16. The highest BCUT2D eigenvalue weighted by Gasteiger charge is 2.08. The van der Waals surface area contributed by atoms with Gasteiger partial charge in [0.1, 0.15) is 10.6 Å². The Morgan fingerprint density at radius 2 is 2.32 bits per heavy atom. The molecule has 100 valence electrons. The van der Waals surface area contributed by atoms with E-state index in [0.29, 0.717) is 13.0 Å². The molecule has 19 heavy (non-hydrogen) atoms. The number of thiazole rings is 1. The molecule has 0 saturated heterocycles. The maximum Gasteiger partial charge on any atom is 0.347 e. The average Bonchev–Trinajstić information content (AvgIpc) is 2.88. The van der Waals surface area contributed by atoms with Crippen LogP contribution in [0.1, 0.15) is 27.2 Å². The van der Waals surface area contributed by atoms with E-state index in [1.807, 2.05) is 18.2 Å². The van der Waals surface area contributed by atoms with Crippen molar-refractivity contribution in [2.24, 2.45) is 0 Å². The van der Waals surface area contributed by atoms with Crippen LogP contribution >= 0.6 is 11.3 Å². The summed E-state index contributed by atoms with van der Waals surface area (Å²) in [5.74, 6) is -0.0883. The fourth-order valence-electron chi connectivity index (χ4n) is 1.64. The van der Waals surface area contributed by atoms with Crippen molar-refractivity contribution in [2.45, 2.75) is 19.8 Å². The lowest BCUT2D eigenvalue weighted by molar-refractivity contribution is 0.0702. The molecule has 0 fully saturated rings. The van der Waals surface area contributed by atoms with Crippen molar-refractivity contribution in [3.63, 3.8) is 0 Å². The standard InChI is InChI=1S/C14H15NO3S/c1-2-10-4-3-5-11(8-10)18-7-6-13-15-9-12(19-13)14(16)17/h3-5,8-9H,2,6-7H2,1H3,(H,16,17). The van der Waals surface area contributed by atoms with Crippen LogP contribution in [0.5, 0.6) is 5.75 Å². The van der Waals surface area contributed by atoms with Crippen LogP contribution in [0.25, 0.3) is 0 Å². The molecule has 0 aliphatic rings. The number of carboxylic acids is 1. The summed E-state index contributed by atoms with van der Waals surface area (Å²) < 4.78 is 5.64. The number of carbonyl (C=O) groups is 1. The topological polar surface area (TPSA) is 59.4 Å². The third kappa shape index (κ3) is 3.79. The Morgan fingerprint density at radius 3 is 3.00 bits per heavy atom. The summed E-state index contributed by atoms with van der Waals surface area (Å²) in [6, 6.07) is 7.97. The number of nitrogens with zero attached hydrogens (tertiary/aromatic N) is 1. The molecule has 0 saturated carbocycles. The average molecular weight is 277 g/mol. The summed E-state index contributed by atoms with van der Waals surface area (Å²) in [5, 5.41) is 9.58. The number of hydrogen-bond donors (Lipinski definition) is 1. The summed E-state index contributed by atoms with van der Waals surface area (Å²) in [6.45, 7) is 2.60. The zero-order valence-corrected chi connectivity index (χ0v) is 11.4. The fourth-order valence-corrected chi connectivity index (χ4v) is 2.37. The minimum atomic E-state index is -0.930. The van der Waals surface area contributed by atoms with Crippen LogP contribution in [0.4, 0.5) is 0 Å². The maximum absolute atomic E-state index is 10.7. The SMILES string of the molecule is CCc1cccc(OCCc2ncc(C(=O)O)s2)c1. The van der Waals surface area contributed by atoms with E-state index in [2.05, 4.69) is 18.0 Å². The minimum absolute atomic E-state index is 0.267. The number of aryl methyl sites for hydroxylation is 1. The Labute approximate surface area is 115 Å². The van der Waals surface area contributed by atoms with Gasteiger partial charge in [-0.2, -0.15) is 0 Å². The lowest BCUT2D eigenvalue weighted by atomic mass is 10.2. The largest absolute Gasteiger partial charge is 0.493 e. The first kappa shape index (κ1) is 13.5. The third-order valence-corrected chi connectivity index (χ3v) is 3.70. The molecule has 2 rings (SSSR count). The maximum atomic E-state index is 10.7. The predicted octanol–water partition coefficient (Wildman–Crippen LogP) is 3.03. The molecule has 0 radical (unpaired) electrons. The summed E-state index contributed by atoms with van der Waals surface area (Å²) in [6.07, 6.45) is 2.99. The number of benzene rings is 1. The van der Waals surface area contributed by atoms with Gasteiger partial charge < -0.3 is 9.84 Å². The lowest BCUT2D eigenvalue weighted by Gasteiger charge is -2.06. The molecule has 4 nitrogen and oxygen atoms in total. The fraction of sp³-hybridized carbons (Fsp3) is 0.286. The quantitative estimate of drug-likeness (QED) is 0.881. The second-order valence-electron chi connectivity index (χ2n) is 4.02. The van der Waals surface area contributed by atoms with Crippen LogP contribution in [0.15, 0.2) is 30.5 Å². The van der Waals surface area contributed by atoms with Gasteiger partial charge in [-0.25, -0.2) is 9.78 Å². The number of carboxylic acid groups (broad SMARTS) is 1. The number of aromatic carboxylic acids is 1. The first-order valence-electron chi connectivity index (χ1n) is 6.08. The lowest BCUT2D eigenvalue weighted by Crippen LogP contribution is -2.01. The van der Waals surface area contributed by atoms with E-state index in [-0.39, 0.29) is 4.88 Å². The molecule has 1 N–H and O–H groups in total. The second-order valence-corrected chi connectivity index (χ2v) is 5.14. The van der Waals surface area contributed by atoms with Gasteiger partial charge in [-0.3, -0.25) is 0 Å². The van der Waals surface area contributed by atoms with Gasteiger partial charge in [0.25, 0.3) is 0 Å². The zero-order chi connectivity index (χ0) is 13.7. The van der Waals surface area contributed by atoms with Crippen LogP contribution in [0.2, 0.25) is 0 Å². The molecule has 0 atom stereocenters. The van der Waals surface area contributed by atoms with Gasteiger partial charge in [0.15, 0.2) is 0 Å². The summed E-state index contributed by atoms with van der Waals surface area (Å²) in [7, 11) is 0. The van der Waals surface area contributed by atoms with E-state index in [4.69, 9.17) is 9.84 Å². The van der Waals surface area contributed by atoms with Gasteiger partial charge in [-0.1, -0.05) is 19.1 Å². The highest BCUT2D eigenvalue weighted by atomic mass is 32.1. The first-order chi connectivity index (χ1) is 9.19. The highest BCUT2D eigenvalue weighted by molar-refractivity contribution is 7.13. The monoisotopic (exact) mass is 277 g/mol. The number of rotatable bonds is 6. The second kappa shape index (κ2) is 6.33. The molecule has 0 spiro atoms. The van der Waals surface area contributed by atoms with Crippen molar-refractivity contribution in [1.82, 2.24) is 4.98 Å². The van der Waals surface area contributed by atoms with Crippen molar-refractivity contribution in [1.29, 1.82) is 0 Å². The van der Waals surface area contributed by atoms with E-state index in [9.17, 15) is 4.79 Å². The Balaban J connectivity index is 1.86. The van der Waals surface area contributed by atoms with Crippen molar-refractivity contribution in [2.75, 3.05) is 6.61 Å².